The highest BCUT2D eigenvalue weighted by Crippen LogP contribution is 2.37. The molecule has 0 bridgehead atoms. The predicted octanol–water partition coefficient (Wildman–Crippen LogP) is 5.14. The van der Waals surface area contributed by atoms with Crippen LogP contribution in [0.5, 0.6) is 11.5 Å². The normalized spacial score (nSPS) is 12.2. The van der Waals surface area contributed by atoms with Gasteiger partial charge in [0.15, 0.2) is 22.5 Å². The number of aromatic nitrogens is 5. The SMILES string of the molecule is c1ccc(-n2c(SCc3ccc(-n4cccn4)cc3)nnc2-c2ccc3c(c2)OCO3)cc1. The maximum atomic E-state index is 5.56. The summed E-state index contributed by atoms with van der Waals surface area (Å²) >= 11 is 1.65. The average molecular weight is 454 g/mol. The van der Waals surface area contributed by atoms with Crippen molar-refractivity contribution in [3.05, 3.63) is 96.8 Å². The first-order valence-electron chi connectivity index (χ1n) is 10.5. The molecule has 1 aliphatic heterocycles. The summed E-state index contributed by atoms with van der Waals surface area (Å²) in [5.41, 5.74) is 4.16. The van der Waals surface area contributed by atoms with Gasteiger partial charge in [-0.25, -0.2) is 4.68 Å². The highest BCUT2D eigenvalue weighted by atomic mass is 32.2. The highest BCUT2D eigenvalue weighted by Gasteiger charge is 2.20. The number of ether oxygens (including phenoxy) is 2. The van der Waals surface area contributed by atoms with Crippen molar-refractivity contribution in [2.75, 3.05) is 6.79 Å². The molecule has 0 amide bonds. The van der Waals surface area contributed by atoms with Crippen molar-refractivity contribution in [1.29, 1.82) is 0 Å². The van der Waals surface area contributed by atoms with Crippen molar-refractivity contribution < 1.29 is 9.47 Å². The van der Waals surface area contributed by atoms with E-state index in [1.165, 1.54) is 5.56 Å². The van der Waals surface area contributed by atoms with E-state index >= 15 is 0 Å². The van der Waals surface area contributed by atoms with Crippen LogP contribution in [0.3, 0.4) is 0 Å². The Kier molecular flexibility index (Phi) is 5.04. The molecule has 0 N–H and O–H groups in total. The molecule has 7 nitrogen and oxygen atoms in total. The van der Waals surface area contributed by atoms with Gasteiger partial charge in [-0.3, -0.25) is 4.57 Å². The van der Waals surface area contributed by atoms with Gasteiger partial charge in [-0.15, -0.1) is 10.2 Å². The Morgan fingerprint density at radius 2 is 1.67 bits per heavy atom. The number of rotatable bonds is 6. The minimum absolute atomic E-state index is 0.241. The van der Waals surface area contributed by atoms with E-state index in [0.29, 0.717) is 0 Å². The quantitative estimate of drug-likeness (QED) is 0.332. The van der Waals surface area contributed by atoms with Crippen LogP contribution in [0.15, 0.2) is 96.4 Å². The van der Waals surface area contributed by atoms with Crippen molar-refractivity contribution >= 4 is 11.8 Å². The molecule has 3 heterocycles. The molecule has 2 aromatic heterocycles. The number of hydrogen-bond donors (Lipinski definition) is 0. The van der Waals surface area contributed by atoms with Gasteiger partial charge in [0.2, 0.25) is 6.79 Å². The molecule has 3 aromatic carbocycles. The second kappa shape index (κ2) is 8.48. The molecule has 0 saturated carbocycles. The topological polar surface area (TPSA) is 67.0 Å². The maximum Gasteiger partial charge on any atom is 0.231 e. The molecule has 8 heteroatoms. The lowest BCUT2D eigenvalue weighted by Gasteiger charge is -2.11. The Morgan fingerprint density at radius 1 is 0.818 bits per heavy atom. The Morgan fingerprint density at radius 3 is 2.48 bits per heavy atom. The van der Waals surface area contributed by atoms with Crippen LogP contribution < -0.4 is 9.47 Å². The summed E-state index contributed by atoms with van der Waals surface area (Å²) in [6.45, 7) is 0.241. The van der Waals surface area contributed by atoms with E-state index in [0.717, 1.165) is 45.2 Å². The molecule has 6 rings (SSSR count). The van der Waals surface area contributed by atoms with Crippen LogP contribution in [-0.4, -0.2) is 31.3 Å². The Labute approximate surface area is 194 Å². The number of para-hydroxylation sites is 1. The lowest BCUT2D eigenvalue weighted by Crippen LogP contribution is -2.00. The lowest BCUT2D eigenvalue weighted by atomic mass is 10.2. The van der Waals surface area contributed by atoms with Gasteiger partial charge in [0.1, 0.15) is 0 Å². The molecule has 0 unspecified atom stereocenters. The van der Waals surface area contributed by atoms with Crippen molar-refractivity contribution in [3.8, 4) is 34.3 Å². The molecule has 0 aliphatic carbocycles. The Balaban J connectivity index is 1.31. The molecule has 0 saturated heterocycles. The second-order valence-corrected chi connectivity index (χ2v) is 8.39. The zero-order chi connectivity index (χ0) is 22.0. The molecule has 1 aliphatic rings. The molecule has 33 heavy (non-hydrogen) atoms. The first-order chi connectivity index (χ1) is 16.3. The van der Waals surface area contributed by atoms with Gasteiger partial charge in [-0.1, -0.05) is 42.1 Å². The highest BCUT2D eigenvalue weighted by molar-refractivity contribution is 7.98. The van der Waals surface area contributed by atoms with E-state index in [1.807, 2.05) is 53.3 Å². The van der Waals surface area contributed by atoms with Gasteiger partial charge in [-0.05, 0) is 54.1 Å². The largest absolute Gasteiger partial charge is 0.454 e. The number of thioether (sulfide) groups is 1. The van der Waals surface area contributed by atoms with Crippen molar-refractivity contribution in [2.45, 2.75) is 10.9 Å². The van der Waals surface area contributed by atoms with Crippen LogP contribution in [-0.2, 0) is 5.75 Å². The molecular formula is C25H19N5O2S. The molecule has 0 spiro atoms. The van der Waals surface area contributed by atoms with Crippen LogP contribution >= 0.6 is 11.8 Å². The molecule has 0 atom stereocenters. The molecule has 0 radical (unpaired) electrons. The van der Waals surface area contributed by atoms with E-state index in [1.54, 1.807) is 18.0 Å². The first kappa shape index (κ1) is 19.6. The van der Waals surface area contributed by atoms with Crippen molar-refractivity contribution in [2.24, 2.45) is 0 Å². The van der Waals surface area contributed by atoms with Gasteiger partial charge in [-0.2, -0.15) is 5.10 Å². The number of fused-ring (bicyclic) bond motifs is 1. The van der Waals surface area contributed by atoms with Gasteiger partial charge < -0.3 is 9.47 Å². The Bertz CT molecular complexity index is 1380. The van der Waals surface area contributed by atoms with Crippen molar-refractivity contribution in [3.63, 3.8) is 0 Å². The van der Waals surface area contributed by atoms with Crippen LogP contribution in [0.1, 0.15) is 5.56 Å². The number of hydrogen-bond acceptors (Lipinski definition) is 6. The van der Waals surface area contributed by atoms with Crippen LogP contribution in [0.2, 0.25) is 0 Å². The summed E-state index contributed by atoms with van der Waals surface area (Å²) in [5.74, 6) is 3.00. The fraction of sp³-hybridized carbons (Fsp3) is 0.0800. The third-order valence-corrected chi connectivity index (χ3v) is 6.35. The van der Waals surface area contributed by atoms with Gasteiger partial charge in [0.25, 0.3) is 0 Å². The fourth-order valence-electron chi connectivity index (χ4n) is 3.71. The summed E-state index contributed by atoms with van der Waals surface area (Å²) in [5, 5.41) is 14.2. The number of benzene rings is 3. The predicted molar refractivity (Wildman–Crippen MR) is 126 cm³/mol. The average Bonchev–Trinajstić information content (AvgIpc) is 3.64. The summed E-state index contributed by atoms with van der Waals surface area (Å²) in [7, 11) is 0. The zero-order valence-corrected chi connectivity index (χ0v) is 18.4. The molecule has 5 aromatic rings. The zero-order valence-electron chi connectivity index (χ0n) is 17.5. The fourth-order valence-corrected chi connectivity index (χ4v) is 4.62. The van der Waals surface area contributed by atoms with E-state index in [-0.39, 0.29) is 6.79 Å². The number of nitrogens with zero attached hydrogens (tertiary/aromatic N) is 5. The van der Waals surface area contributed by atoms with E-state index in [2.05, 4.69) is 56.3 Å². The van der Waals surface area contributed by atoms with Crippen LogP contribution in [0, 0.1) is 0 Å². The smallest absolute Gasteiger partial charge is 0.231 e. The minimum Gasteiger partial charge on any atom is -0.454 e. The molecule has 162 valence electrons. The minimum atomic E-state index is 0.241. The second-order valence-electron chi connectivity index (χ2n) is 7.45. The van der Waals surface area contributed by atoms with E-state index < -0.39 is 0 Å². The van der Waals surface area contributed by atoms with Gasteiger partial charge in [0.05, 0.1) is 5.69 Å². The molecular weight excluding hydrogens is 434 g/mol. The van der Waals surface area contributed by atoms with Crippen LogP contribution in [0.25, 0.3) is 22.8 Å². The lowest BCUT2D eigenvalue weighted by molar-refractivity contribution is 0.174. The summed E-state index contributed by atoms with van der Waals surface area (Å²) in [6.07, 6.45) is 3.71. The summed E-state index contributed by atoms with van der Waals surface area (Å²) in [4.78, 5) is 0. The van der Waals surface area contributed by atoms with Crippen molar-refractivity contribution in [1.82, 2.24) is 24.5 Å². The maximum absolute atomic E-state index is 5.56. The van der Waals surface area contributed by atoms with Gasteiger partial charge >= 0.3 is 0 Å². The van der Waals surface area contributed by atoms with Gasteiger partial charge in [0, 0.05) is 29.4 Å². The molecule has 0 fully saturated rings. The summed E-state index contributed by atoms with van der Waals surface area (Å²) < 4.78 is 14.9. The first-order valence-corrected chi connectivity index (χ1v) is 11.5. The van der Waals surface area contributed by atoms with E-state index in [9.17, 15) is 0 Å². The monoisotopic (exact) mass is 453 g/mol. The third-order valence-electron chi connectivity index (χ3n) is 5.35. The van der Waals surface area contributed by atoms with Crippen LogP contribution in [0.4, 0.5) is 0 Å². The third kappa shape index (κ3) is 3.85. The standard InChI is InChI=1S/C25H19N5O2S/c1-2-5-21(6-3-1)30-24(19-9-12-22-23(15-19)32-17-31-22)27-28-25(30)33-16-18-7-10-20(11-8-18)29-14-4-13-26-29/h1-15H,16-17H2. The summed E-state index contributed by atoms with van der Waals surface area (Å²) in [6, 6.07) is 26.3. The Hall–Kier alpha value is -4.04. The van der Waals surface area contributed by atoms with E-state index in [4.69, 9.17) is 9.47 Å².